The van der Waals surface area contributed by atoms with Gasteiger partial charge >= 0.3 is 0 Å². The first kappa shape index (κ1) is 31.2. The fourth-order valence-corrected chi connectivity index (χ4v) is 8.43. The molecule has 0 N–H and O–H groups in total. The molecule has 9 heteroatoms. The average Bonchev–Trinajstić information content (AvgIpc) is 3.24. The van der Waals surface area contributed by atoms with Gasteiger partial charge in [0.2, 0.25) is 0 Å². The molecule has 0 saturated carbocycles. The van der Waals surface area contributed by atoms with Gasteiger partial charge in [-0.25, -0.2) is 34.9 Å². The standard InChI is InChI=1S/C45H25N9.C2H6/c1-4-10-28-22(7-1)13-25-16-34-37(19-31(25)46-28)52-43-40(49-34)41-44(53-38-20-32-26(17-35(38)50-41)14-23-8-2-5-11-29(23)47-32)45-42(43)51-36-18-27-15-24-9-3-6-12-30(24)48-33(27)21-39(36)54-45;1-2/h1-4,7-10,13-21H,5-6,11-12H2;1-2H3. The number of aromatic nitrogens is 9. The van der Waals surface area contributed by atoms with Crippen LogP contribution in [0.1, 0.15) is 49.2 Å². The lowest BCUT2D eigenvalue weighted by atomic mass is 10.0. The van der Waals surface area contributed by atoms with Crippen LogP contribution in [0.5, 0.6) is 0 Å². The van der Waals surface area contributed by atoms with Crippen molar-refractivity contribution in [2.45, 2.75) is 39.5 Å². The van der Waals surface area contributed by atoms with Crippen molar-refractivity contribution in [2.75, 3.05) is 0 Å². The molecule has 5 aromatic carbocycles. The van der Waals surface area contributed by atoms with Crippen molar-refractivity contribution in [3.8, 4) is 0 Å². The summed E-state index contributed by atoms with van der Waals surface area (Å²) in [4.78, 5) is 46.8. The van der Waals surface area contributed by atoms with Crippen LogP contribution in [0.15, 0.2) is 91.0 Å². The van der Waals surface area contributed by atoms with Crippen LogP contribution in [0, 0.1) is 0 Å². The van der Waals surface area contributed by atoms with E-state index in [4.69, 9.17) is 44.9 Å². The molecule has 0 radical (unpaired) electrons. The molecular weight excluding hydrogens is 691 g/mol. The van der Waals surface area contributed by atoms with Crippen molar-refractivity contribution >= 4 is 122 Å². The summed E-state index contributed by atoms with van der Waals surface area (Å²) in [5.74, 6) is 0. The Hall–Kier alpha value is -7.13. The first-order valence-corrected chi connectivity index (χ1v) is 19.3. The third kappa shape index (κ3) is 4.63. The van der Waals surface area contributed by atoms with Crippen LogP contribution in [0.3, 0.4) is 0 Å². The largest absolute Gasteiger partial charge is 0.252 e. The number of allylic oxidation sites excluding steroid dienone is 2. The van der Waals surface area contributed by atoms with Gasteiger partial charge in [-0.3, -0.25) is 9.97 Å². The lowest BCUT2D eigenvalue weighted by molar-refractivity contribution is 0.939. The van der Waals surface area contributed by atoms with E-state index >= 15 is 0 Å². The van der Waals surface area contributed by atoms with Gasteiger partial charge in [0, 0.05) is 32.9 Å². The van der Waals surface area contributed by atoms with Crippen molar-refractivity contribution in [3.63, 3.8) is 0 Å². The molecule has 0 amide bonds. The second kappa shape index (κ2) is 11.7. The predicted molar refractivity (Wildman–Crippen MR) is 228 cm³/mol. The molecule has 2 aliphatic carbocycles. The number of rotatable bonds is 0. The minimum absolute atomic E-state index is 0.626. The molecule has 0 saturated heterocycles. The molecular formula is C47H31N9. The van der Waals surface area contributed by atoms with Gasteiger partial charge in [-0.05, 0) is 97.5 Å². The second-order valence-corrected chi connectivity index (χ2v) is 14.5. The summed E-state index contributed by atoms with van der Waals surface area (Å²) in [6, 6.07) is 27.1. The Morgan fingerprint density at radius 2 is 0.732 bits per heavy atom. The lowest BCUT2D eigenvalue weighted by Crippen LogP contribution is -2.01. The number of nitrogens with zero attached hydrogens (tertiary/aromatic N) is 9. The molecule has 11 aromatic rings. The van der Waals surface area contributed by atoms with E-state index in [9.17, 15) is 0 Å². The minimum Gasteiger partial charge on any atom is -0.252 e. The number of pyridine rings is 3. The number of hydrogen-bond acceptors (Lipinski definition) is 9. The van der Waals surface area contributed by atoms with E-state index in [-0.39, 0.29) is 0 Å². The van der Waals surface area contributed by atoms with E-state index in [2.05, 4.69) is 66.8 Å². The highest BCUT2D eigenvalue weighted by Crippen LogP contribution is 2.36. The minimum atomic E-state index is 0.626. The van der Waals surface area contributed by atoms with Gasteiger partial charge in [-0.2, -0.15) is 0 Å². The fourth-order valence-electron chi connectivity index (χ4n) is 8.43. The quantitative estimate of drug-likeness (QED) is 0.111. The molecule has 6 heterocycles. The van der Waals surface area contributed by atoms with Gasteiger partial charge in [-0.15, -0.1) is 0 Å². The highest BCUT2D eigenvalue weighted by molar-refractivity contribution is 6.21. The van der Waals surface area contributed by atoms with Crippen molar-refractivity contribution in [1.82, 2.24) is 44.9 Å². The van der Waals surface area contributed by atoms with Crippen molar-refractivity contribution in [3.05, 3.63) is 114 Å². The van der Waals surface area contributed by atoms with E-state index in [1.54, 1.807) is 0 Å². The predicted octanol–water partition coefficient (Wildman–Crippen LogP) is 10.7. The van der Waals surface area contributed by atoms with E-state index in [1.165, 1.54) is 0 Å². The van der Waals surface area contributed by atoms with Crippen LogP contribution in [-0.2, 0) is 12.8 Å². The molecule has 56 heavy (non-hydrogen) atoms. The molecule has 0 atom stereocenters. The van der Waals surface area contributed by atoms with E-state index < -0.39 is 0 Å². The first-order chi connectivity index (χ1) is 27.6. The number of fused-ring (bicyclic) bond motifs is 15. The fraction of sp³-hybridized carbons (Fsp3) is 0.128. The van der Waals surface area contributed by atoms with Crippen molar-refractivity contribution < 1.29 is 0 Å². The van der Waals surface area contributed by atoms with Gasteiger partial charge in [0.25, 0.3) is 0 Å². The maximum absolute atomic E-state index is 5.30. The summed E-state index contributed by atoms with van der Waals surface area (Å²) < 4.78 is 0. The molecule has 0 spiro atoms. The molecule has 0 fully saturated rings. The Kier molecular flexibility index (Phi) is 6.52. The maximum atomic E-state index is 5.30. The molecule has 0 aliphatic heterocycles. The number of hydrogen-bond donors (Lipinski definition) is 0. The Balaban J connectivity index is 0.00000170. The summed E-state index contributed by atoms with van der Waals surface area (Å²) in [5.41, 5.74) is 16.4. The van der Waals surface area contributed by atoms with Crippen LogP contribution < -0.4 is 0 Å². The maximum Gasteiger partial charge on any atom is 0.120 e. The van der Waals surface area contributed by atoms with Gasteiger partial charge in [-0.1, -0.05) is 56.4 Å². The highest BCUT2D eigenvalue weighted by atomic mass is 14.9. The van der Waals surface area contributed by atoms with Crippen molar-refractivity contribution in [1.29, 1.82) is 0 Å². The third-order valence-corrected chi connectivity index (χ3v) is 11.1. The number of benzene rings is 5. The summed E-state index contributed by atoms with van der Waals surface area (Å²) in [5, 5.41) is 4.12. The third-order valence-electron chi connectivity index (χ3n) is 11.1. The first-order valence-electron chi connectivity index (χ1n) is 19.3. The Bertz CT molecular complexity index is 3390. The number of para-hydroxylation sites is 1. The molecule has 264 valence electrons. The van der Waals surface area contributed by atoms with Crippen LogP contribution in [0.25, 0.3) is 122 Å². The van der Waals surface area contributed by atoms with Crippen LogP contribution in [0.4, 0.5) is 0 Å². The van der Waals surface area contributed by atoms with Crippen LogP contribution in [0.2, 0.25) is 0 Å². The molecule has 0 bridgehead atoms. The molecule has 2 aliphatic rings. The molecule has 13 rings (SSSR count). The van der Waals surface area contributed by atoms with Crippen LogP contribution >= 0.6 is 0 Å². The zero-order valence-electron chi connectivity index (χ0n) is 30.7. The van der Waals surface area contributed by atoms with Crippen molar-refractivity contribution in [2.24, 2.45) is 0 Å². The van der Waals surface area contributed by atoms with E-state index in [0.717, 1.165) is 125 Å². The molecule has 9 nitrogen and oxygen atoms in total. The smallest absolute Gasteiger partial charge is 0.120 e. The molecule has 6 aromatic heterocycles. The summed E-state index contributed by atoms with van der Waals surface area (Å²) in [7, 11) is 0. The van der Waals surface area contributed by atoms with Crippen LogP contribution in [-0.4, -0.2) is 44.9 Å². The normalized spacial score (nSPS) is 13.8. The average molecular weight is 722 g/mol. The monoisotopic (exact) mass is 721 g/mol. The Morgan fingerprint density at radius 1 is 0.339 bits per heavy atom. The summed E-state index contributed by atoms with van der Waals surface area (Å²) in [6.07, 6.45) is 12.6. The van der Waals surface area contributed by atoms with Gasteiger partial charge in [0.05, 0.1) is 55.2 Å². The van der Waals surface area contributed by atoms with E-state index in [1.807, 2.05) is 50.2 Å². The Labute approximate surface area is 318 Å². The number of aryl methyl sites for hydroxylation is 2. The van der Waals surface area contributed by atoms with Gasteiger partial charge in [0.15, 0.2) is 0 Å². The highest BCUT2D eigenvalue weighted by Gasteiger charge is 2.21. The van der Waals surface area contributed by atoms with Gasteiger partial charge < -0.3 is 0 Å². The van der Waals surface area contributed by atoms with Gasteiger partial charge in [0.1, 0.15) is 33.1 Å². The second-order valence-electron chi connectivity index (χ2n) is 14.5. The van der Waals surface area contributed by atoms with E-state index in [0.29, 0.717) is 33.1 Å². The lowest BCUT2D eigenvalue weighted by Gasteiger charge is -2.13. The zero-order valence-corrected chi connectivity index (χ0v) is 30.7. The summed E-state index contributed by atoms with van der Waals surface area (Å²) >= 11 is 0. The summed E-state index contributed by atoms with van der Waals surface area (Å²) in [6.45, 7) is 4.00. The SMILES string of the molecule is C1=Cc2cc3cc4nc5c6nc7cc8cc9ccccc9nc8cc7nc6c6nc7cc8cc9c(nc8cc7nc6c5nc4cc3nc2CC1)CCC=C9.CC. The Morgan fingerprint density at radius 3 is 1.20 bits per heavy atom. The topological polar surface area (TPSA) is 116 Å². The zero-order chi connectivity index (χ0) is 37.1. The molecule has 0 unspecified atom stereocenters.